The summed E-state index contributed by atoms with van der Waals surface area (Å²) in [6.45, 7) is 0. The van der Waals surface area contributed by atoms with Crippen molar-refractivity contribution in [2.75, 3.05) is 7.11 Å². The Morgan fingerprint density at radius 3 is 2.39 bits per heavy atom. The normalized spacial score (nSPS) is 18.9. The third kappa shape index (κ3) is 4.17. The number of rotatable bonds is 4. The maximum atomic E-state index is 6.36. The van der Waals surface area contributed by atoms with Crippen molar-refractivity contribution in [3.8, 4) is 23.3 Å². The number of benzene rings is 1. The molecule has 1 aromatic carbocycles. The van der Waals surface area contributed by atoms with Gasteiger partial charge >= 0.3 is 0 Å². The monoisotopic (exact) mass is 375 g/mol. The maximum Gasteiger partial charge on any atom is 0.161 e. The lowest BCUT2D eigenvalue weighted by atomic mass is 9.70. The lowest BCUT2D eigenvalue weighted by Crippen LogP contribution is -2.27. The number of pyridine rings is 1. The Hall–Kier alpha value is -2.47. The topological polar surface area (TPSA) is 31.4 Å². The van der Waals surface area contributed by atoms with Gasteiger partial charge in [-0.25, -0.2) is 0 Å². The van der Waals surface area contributed by atoms with Crippen LogP contribution in [0.3, 0.4) is 0 Å². The van der Waals surface area contributed by atoms with E-state index in [9.17, 15) is 0 Å². The van der Waals surface area contributed by atoms with Gasteiger partial charge in [-0.05, 0) is 68.4 Å². The van der Waals surface area contributed by atoms with Crippen LogP contribution < -0.4 is 9.47 Å². The molecule has 0 N–H and O–H groups in total. The second-order valence-electron chi connectivity index (χ2n) is 8.02. The van der Waals surface area contributed by atoms with E-state index in [1.54, 1.807) is 19.5 Å². The molecule has 3 heteroatoms. The summed E-state index contributed by atoms with van der Waals surface area (Å²) < 4.78 is 11.9. The predicted molar refractivity (Wildman–Crippen MR) is 112 cm³/mol. The molecule has 2 aromatic rings. The summed E-state index contributed by atoms with van der Waals surface area (Å²) in [6.07, 6.45) is 14.6. The maximum absolute atomic E-state index is 6.36. The number of nitrogens with zero attached hydrogens (tertiary/aromatic N) is 1. The summed E-state index contributed by atoms with van der Waals surface area (Å²) in [4.78, 5) is 4.10. The van der Waals surface area contributed by atoms with Crippen LogP contribution in [0.15, 0.2) is 42.7 Å². The second kappa shape index (κ2) is 8.69. The van der Waals surface area contributed by atoms with Crippen molar-refractivity contribution in [1.82, 2.24) is 4.98 Å². The first-order chi connectivity index (χ1) is 13.8. The Kier molecular flexibility index (Phi) is 5.86. The van der Waals surface area contributed by atoms with Crippen LogP contribution in [-0.2, 0) is 5.41 Å². The van der Waals surface area contributed by atoms with Crippen LogP contribution in [0.1, 0.15) is 68.9 Å². The Labute approximate surface area is 168 Å². The Morgan fingerprint density at radius 1 is 0.929 bits per heavy atom. The molecular weight excluding hydrogens is 346 g/mol. The molecule has 0 bridgehead atoms. The molecule has 2 fully saturated rings. The summed E-state index contributed by atoms with van der Waals surface area (Å²) in [5, 5.41) is 0. The van der Waals surface area contributed by atoms with Gasteiger partial charge in [0.2, 0.25) is 0 Å². The smallest absolute Gasteiger partial charge is 0.161 e. The van der Waals surface area contributed by atoms with Crippen LogP contribution in [0.4, 0.5) is 0 Å². The van der Waals surface area contributed by atoms with E-state index in [1.165, 1.54) is 37.7 Å². The zero-order valence-electron chi connectivity index (χ0n) is 16.7. The molecule has 0 aliphatic heterocycles. The van der Waals surface area contributed by atoms with Gasteiger partial charge in [0.05, 0.1) is 18.6 Å². The fraction of sp³-hybridized carbons (Fsp3) is 0.480. The third-order valence-electron chi connectivity index (χ3n) is 6.15. The van der Waals surface area contributed by atoms with E-state index in [0.717, 1.165) is 42.7 Å². The summed E-state index contributed by atoms with van der Waals surface area (Å²) in [5.41, 5.74) is 2.18. The van der Waals surface area contributed by atoms with Gasteiger partial charge in [0.25, 0.3) is 0 Å². The van der Waals surface area contributed by atoms with E-state index in [-0.39, 0.29) is 5.41 Å². The summed E-state index contributed by atoms with van der Waals surface area (Å²) in [7, 11) is 1.72. The van der Waals surface area contributed by atoms with Gasteiger partial charge in [-0.2, -0.15) is 0 Å². The Bertz CT molecular complexity index is 838. The largest absolute Gasteiger partial charge is 0.493 e. The van der Waals surface area contributed by atoms with Crippen LogP contribution in [-0.4, -0.2) is 18.2 Å². The van der Waals surface area contributed by atoms with E-state index >= 15 is 0 Å². The van der Waals surface area contributed by atoms with Gasteiger partial charge in [0, 0.05) is 18.0 Å². The van der Waals surface area contributed by atoms with Gasteiger partial charge in [-0.3, -0.25) is 4.98 Å². The number of methoxy groups -OCH3 is 1. The zero-order valence-corrected chi connectivity index (χ0v) is 16.7. The molecule has 2 aliphatic carbocycles. The molecule has 1 aromatic heterocycles. The Morgan fingerprint density at radius 2 is 1.68 bits per heavy atom. The molecule has 28 heavy (non-hydrogen) atoms. The number of ether oxygens (including phenoxy) is 2. The average molecular weight is 376 g/mol. The molecule has 146 valence electrons. The fourth-order valence-electron chi connectivity index (χ4n) is 4.52. The predicted octanol–water partition coefficient (Wildman–Crippen LogP) is 5.67. The van der Waals surface area contributed by atoms with Crippen LogP contribution in [0.25, 0.3) is 0 Å². The van der Waals surface area contributed by atoms with Gasteiger partial charge < -0.3 is 9.47 Å². The standard InChI is InChI=1S/C25H29NO2/c1-27-23-10-9-21(19-24(23)28-22-7-3-4-8-22)25(14-5-2-6-15-25)16-11-20-12-17-26-18-13-20/h9-10,12-13,17-19,22H,2-8,14-15H2,1H3. The van der Waals surface area contributed by atoms with Gasteiger partial charge in [0.1, 0.15) is 0 Å². The SMILES string of the molecule is COc1ccc(C2(C#Cc3ccncc3)CCCCC2)cc1OC1CCCC1. The van der Waals surface area contributed by atoms with Gasteiger partial charge in [-0.15, -0.1) is 0 Å². The second-order valence-corrected chi connectivity index (χ2v) is 8.02. The first kappa shape index (κ1) is 18.9. The molecule has 0 radical (unpaired) electrons. The summed E-state index contributed by atoms with van der Waals surface area (Å²) in [6, 6.07) is 10.4. The lowest BCUT2D eigenvalue weighted by Gasteiger charge is -2.33. The minimum Gasteiger partial charge on any atom is -0.493 e. The number of hydrogen-bond acceptors (Lipinski definition) is 3. The molecule has 1 heterocycles. The molecule has 0 saturated heterocycles. The van der Waals surface area contributed by atoms with Crippen LogP contribution in [0.5, 0.6) is 11.5 Å². The minimum absolute atomic E-state index is 0.110. The third-order valence-corrected chi connectivity index (χ3v) is 6.15. The average Bonchev–Trinajstić information content (AvgIpc) is 3.27. The quantitative estimate of drug-likeness (QED) is 0.646. The van der Waals surface area contributed by atoms with E-state index in [0.29, 0.717) is 6.10 Å². The van der Waals surface area contributed by atoms with Crippen molar-refractivity contribution in [2.45, 2.75) is 69.3 Å². The van der Waals surface area contributed by atoms with Crippen LogP contribution in [0, 0.1) is 11.8 Å². The molecule has 0 amide bonds. The first-order valence-corrected chi connectivity index (χ1v) is 10.6. The highest BCUT2D eigenvalue weighted by Gasteiger charge is 2.33. The van der Waals surface area contributed by atoms with E-state index in [1.807, 2.05) is 12.1 Å². The molecule has 0 atom stereocenters. The van der Waals surface area contributed by atoms with Gasteiger partial charge in [-0.1, -0.05) is 37.2 Å². The molecular formula is C25H29NO2. The van der Waals surface area contributed by atoms with Gasteiger partial charge in [0.15, 0.2) is 11.5 Å². The molecule has 0 unspecified atom stereocenters. The molecule has 3 nitrogen and oxygen atoms in total. The highest BCUT2D eigenvalue weighted by Crippen LogP contribution is 2.42. The van der Waals surface area contributed by atoms with Crippen molar-refractivity contribution in [3.63, 3.8) is 0 Å². The van der Waals surface area contributed by atoms with E-state index in [4.69, 9.17) is 9.47 Å². The molecule has 2 aliphatic rings. The first-order valence-electron chi connectivity index (χ1n) is 10.6. The van der Waals surface area contributed by atoms with Crippen molar-refractivity contribution in [1.29, 1.82) is 0 Å². The van der Waals surface area contributed by atoms with Crippen molar-refractivity contribution in [3.05, 3.63) is 53.9 Å². The number of hydrogen-bond donors (Lipinski definition) is 0. The highest BCUT2D eigenvalue weighted by molar-refractivity contribution is 5.49. The van der Waals surface area contributed by atoms with E-state index < -0.39 is 0 Å². The summed E-state index contributed by atoms with van der Waals surface area (Å²) >= 11 is 0. The fourth-order valence-corrected chi connectivity index (χ4v) is 4.52. The van der Waals surface area contributed by atoms with Crippen molar-refractivity contribution >= 4 is 0 Å². The Balaban J connectivity index is 1.69. The molecule has 2 saturated carbocycles. The summed E-state index contributed by atoms with van der Waals surface area (Å²) in [5.74, 6) is 8.76. The van der Waals surface area contributed by atoms with Crippen LogP contribution >= 0.6 is 0 Å². The van der Waals surface area contributed by atoms with Crippen molar-refractivity contribution < 1.29 is 9.47 Å². The van der Waals surface area contributed by atoms with Crippen molar-refractivity contribution in [2.24, 2.45) is 0 Å². The highest BCUT2D eigenvalue weighted by atomic mass is 16.5. The molecule has 4 rings (SSSR count). The van der Waals surface area contributed by atoms with Crippen LogP contribution in [0.2, 0.25) is 0 Å². The van der Waals surface area contributed by atoms with E-state index in [2.05, 4.69) is 35.0 Å². The number of aromatic nitrogens is 1. The molecule has 0 spiro atoms. The lowest BCUT2D eigenvalue weighted by molar-refractivity contribution is 0.200. The minimum atomic E-state index is -0.110. The zero-order chi connectivity index (χ0) is 19.2.